The summed E-state index contributed by atoms with van der Waals surface area (Å²) in [6.07, 6.45) is -0.291. The summed E-state index contributed by atoms with van der Waals surface area (Å²) < 4.78 is 26.5. The number of hydrogen-bond donors (Lipinski definition) is 2. The molecule has 0 radical (unpaired) electrons. The summed E-state index contributed by atoms with van der Waals surface area (Å²) in [5.74, 6) is -1.68. The Kier molecular flexibility index (Phi) is 3.66. The molecular weight excluding hydrogens is 288 g/mol. The molecule has 0 fully saturated rings. The van der Waals surface area contributed by atoms with Crippen molar-refractivity contribution >= 4 is 11.5 Å². The Balaban J connectivity index is 1.85. The van der Waals surface area contributed by atoms with E-state index in [-0.39, 0.29) is 23.5 Å². The topological polar surface area (TPSA) is 63.3 Å². The van der Waals surface area contributed by atoms with E-state index in [1.165, 1.54) is 24.3 Å². The van der Waals surface area contributed by atoms with Crippen molar-refractivity contribution in [1.82, 2.24) is 0 Å². The molecule has 22 heavy (non-hydrogen) atoms. The van der Waals surface area contributed by atoms with Crippen molar-refractivity contribution in [3.63, 3.8) is 0 Å². The lowest BCUT2D eigenvalue weighted by Crippen LogP contribution is -2.17. The van der Waals surface area contributed by atoms with Crippen molar-refractivity contribution in [3.8, 4) is 0 Å². The highest BCUT2D eigenvalue weighted by Gasteiger charge is 2.33. The third kappa shape index (κ3) is 2.60. The van der Waals surface area contributed by atoms with E-state index in [9.17, 15) is 18.7 Å². The standard InChI is InChI=1S/C17H15F2NO2/c18-11-3-1-9-6-17(22)13(12(9)7-11)8-16(21)10-2-4-14(19)15(20)5-10/h1-5,7,13,17,22H,6,8,20H2/t13-,17+/m1/s1. The molecule has 0 aromatic heterocycles. The zero-order valence-electron chi connectivity index (χ0n) is 11.7. The molecule has 3 N–H and O–H groups in total. The number of anilines is 1. The molecule has 0 spiro atoms. The minimum absolute atomic E-state index is 0.0304. The van der Waals surface area contributed by atoms with Gasteiger partial charge >= 0.3 is 0 Å². The van der Waals surface area contributed by atoms with E-state index in [0.29, 0.717) is 12.0 Å². The van der Waals surface area contributed by atoms with Gasteiger partial charge in [-0.25, -0.2) is 8.78 Å². The Morgan fingerprint density at radius 3 is 2.73 bits per heavy atom. The molecule has 2 aromatic carbocycles. The maximum atomic E-state index is 13.4. The second kappa shape index (κ2) is 5.50. The third-order valence-corrected chi connectivity index (χ3v) is 4.12. The van der Waals surface area contributed by atoms with Gasteiger partial charge in [0.2, 0.25) is 0 Å². The van der Waals surface area contributed by atoms with Crippen LogP contribution in [0.5, 0.6) is 0 Å². The van der Waals surface area contributed by atoms with Crippen LogP contribution in [-0.4, -0.2) is 17.0 Å². The average Bonchev–Trinajstić information content (AvgIpc) is 2.78. The number of aliphatic hydroxyl groups excluding tert-OH is 1. The summed E-state index contributed by atoms with van der Waals surface area (Å²) in [5, 5.41) is 10.1. The number of hydrogen-bond acceptors (Lipinski definition) is 3. The highest BCUT2D eigenvalue weighted by Crippen LogP contribution is 2.37. The molecule has 1 aliphatic carbocycles. The number of nitrogen functional groups attached to an aromatic ring is 1. The van der Waals surface area contributed by atoms with Gasteiger partial charge in [0.05, 0.1) is 11.8 Å². The third-order valence-electron chi connectivity index (χ3n) is 4.12. The van der Waals surface area contributed by atoms with Crippen LogP contribution < -0.4 is 5.73 Å². The molecule has 0 amide bonds. The van der Waals surface area contributed by atoms with E-state index >= 15 is 0 Å². The van der Waals surface area contributed by atoms with Crippen LogP contribution in [0.15, 0.2) is 36.4 Å². The summed E-state index contributed by atoms with van der Waals surface area (Å²) in [5.41, 5.74) is 7.17. The number of nitrogens with two attached hydrogens (primary N) is 1. The molecule has 3 rings (SSSR count). The number of Topliss-reactive ketones (excluding diaryl/α,β-unsaturated/α-hetero) is 1. The van der Waals surface area contributed by atoms with Gasteiger partial charge in [0, 0.05) is 17.9 Å². The van der Waals surface area contributed by atoms with Crippen LogP contribution >= 0.6 is 0 Å². The lowest BCUT2D eigenvalue weighted by atomic mass is 9.91. The maximum absolute atomic E-state index is 13.4. The minimum atomic E-state index is -0.724. The van der Waals surface area contributed by atoms with Gasteiger partial charge in [0.25, 0.3) is 0 Å². The average molecular weight is 303 g/mol. The molecule has 0 saturated heterocycles. The predicted octanol–water partition coefficient (Wildman–Crippen LogP) is 2.82. The Hall–Kier alpha value is -2.27. The fourth-order valence-electron chi connectivity index (χ4n) is 2.95. The summed E-state index contributed by atoms with van der Waals surface area (Å²) in [6.45, 7) is 0. The maximum Gasteiger partial charge on any atom is 0.163 e. The number of carbonyl (C=O) groups is 1. The Labute approximate surface area is 126 Å². The van der Waals surface area contributed by atoms with Gasteiger partial charge in [-0.3, -0.25) is 4.79 Å². The molecule has 0 heterocycles. The summed E-state index contributed by atoms with van der Waals surface area (Å²) in [7, 11) is 0. The largest absolute Gasteiger partial charge is 0.396 e. The SMILES string of the molecule is Nc1cc(C(=O)C[C@@H]2c3cc(F)ccc3C[C@@H]2O)ccc1F. The zero-order chi connectivity index (χ0) is 15.9. The van der Waals surface area contributed by atoms with Crippen LogP contribution in [0.4, 0.5) is 14.5 Å². The number of fused-ring (bicyclic) bond motifs is 1. The second-order valence-electron chi connectivity index (χ2n) is 5.58. The number of benzene rings is 2. The van der Waals surface area contributed by atoms with E-state index in [0.717, 1.165) is 11.6 Å². The van der Waals surface area contributed by atoms with Gasteiger partial charge in [-0.15, -0.1) is 0 Å². The number of carbonyl (C=O) groups excluding carboxylic acids is 1. The van der Waals surface area contributed by atoms with Crippen molar-refractivity contribution in [2.24, 2.45) is 0 Å². The molecule has 1 aliphatic rings. The first kappa shape index (κ1) is 14.7. The fourth-order valence-corrected chi connectivity index (χ4v) is 2.95. The molecule has 0 saturated carbocycles. The Bertz CT molecular complexity index is 745. The van der Waals surface area contributed by atoms with Crippen molar-refractivity contribution in [2.45, 2.75) is 24.9 Å². The summed E-state index contributed by atoms with van der Waals surface area (Å²) in [4.78, 5) is 12.3. The van der Waals surface area contributed by atoms with Crippen molar-refractivity contribution in [1.29, 1.82) is 0 Å². The Morgan fingerprint density at radius 1 is 1.23 bits per heavy atom. The van der Waals surface area contributed by atoms with Gasteiger partial charge in [-0.1, -0.05) is 6.07 Å². The van der Waals surface area contributed by atoms with E-state index in [2.05, 4.69) is 0 Å². The summed E-state index contributed by atoms with van der Waals surface area (Å²) in [6, 6.07) is 8.13. The number of halogens is 2. The predicted molar refractivity (Wildman–Crippen MR) is 78.6 cm³/mol. The molecule has 2 aromatic rings. The minimum Gasteiger partial charge on any atom is -0.396 e. The van der Waals surface area contributed by atoms with E-state index < -0.39 is 23.7 Å². The molecule has 0 bridgehead atoms. The van der Waals surface area contributed by atoms with Gasteiger partial charge in [-0.2, -0.15) is 0 Å². The highest BCUT2D eigenvalue weighted by atomic mass is 19.1. The van der Waals surface area contributed by atoms with Crippen LogP contribution in [0.2, 0.25) is 0 Å². The Morgan fingerprint density at radius 2 is 2.00 bits per heavy atom. The number of ketones is 1. The molecule has 2 atom stereocenters. The van der Waals surface area contributed by atoms with Gasteiger partial charge < -0.3 is 10.8 Å². The van der Waals surface area contributed by atoms with Crippen molar-refractivity contribution < 1.29 is 18.7 Å². The normalized spacial score (nSPS) is 20.0. The van der Waals surface area contributed by atoms with Crippen molar-refractivity contribution in [2.75, 3.05) is 5.73 Å². The smallest absolute Gasteiger partial charge is 0.163 e. The fraction of sp³-hybridized carbons (Fsp3) is 0.235. The zero-order valence-corrected chi connectivity index (χ0v) is 11.7. The molecule has 3 nitrogen and oxygen atoms in total. The molecule has 5 heteroatoms. The quantitative estimate of drug-likeness (QED) is 0.677. The number of aliphatic hydroxyl groups is 1. The summed E-state index contributed by atoms with van der Waals surface area (Å²) >= 11 is 0. The van der Waals surface area contributed by atoms with Gasteiger partial charge in [0.1, 0.15) is 11.6 Å². The van der Waals surface area contributed by atoms with Crippen LogP contribution in [0.25, 0.3) is 0 Å². The van der Waals surface area contributed by atoms with E-state index in [1.54, 1.807) is 6.07 Å². The van der Waals surface area contributed by atoms with E-state index in [4.69, 9.17) is 5.73 Å². The van der Waals surface area contributed by atoms with E-state index in [1.807, 2.05) is 0 Å². The van der Waals surface area contributed by atoms with Crippen LogP contribution in [0.1, 0.15) is 33.8 Å². The monoisotopic (exact) mass is 303 g/mol. The number of rotatable bonds is 3. The molecular formula is C17H15F2NO2. The molecule has 0 unspecified atom stereocenters. The highest BCUT2D eigenvalue weighted by molar-refractivity contribution is 5.97. The first-order valence-corrected chi connectivity index (χ1v) is 7.00. The van der Waals surface area contributed by atoms with Crippen LogP contribution in [0.3, 0.4) is 0 Å². The van der Waals surface area contributed by atoms with Crippen LogP contribution in [0, 0.1) is 11.6 Å². The lowest BCUT2D eigenvalue weighted by Gasteiger charge is -2.15. The van der Waals surface area contributed by atoms with Gasteiger partial charge in [0.15, 0.2) is 5.78 Å². The lowest BCUT2D eigenvalue weighted by molar-refractivity contribution is 0.0921. The molecule has 0 aliphatic heterocycles. The van der Waals surface area contributed by atoms with Crippen molar-refractivity contribution in [3.05, 3.63) is 64.7 Å². The second-order valence-corrected chi connectivity index (χ2v) is 5.58. The first-order chi connectivity index (χ1) is 10.5. The van der Waals surface area contributed by atoms with Crippen LogP contribution in [-0.2, 0) is 6.42 Å². The van der Waals surface area contributed by atoms with Gasteiger partial charge in [-0.05, 0) is 47.9 Å². The molecule has 114 valence electrons. The first-order valence-electron chi connectivity index (χ1n) is 7.00.